The fourth-order valence-electron chi connectivity index (χ4n) is 3.04. The molecule has 146 valence electrons. The SMILES string of the molecule is COc1ccc([C@]2(C)NC(=O)N(CC(=O)c3ccc(OC)c(Cl)c3)C2=O)cc1. The Hall–Kier alpha value is -3.06. The van der Waals surface area contributed by atoms with Gasteiger partial charge in [0.15, 0.2) is 5.78 Å². The van der Waals surface area contributed by atoms with Crippen LogP contribution in [0.2, 0.25) is 5.02 Å². The van der Waals surface area contributed by atoms with E-state index in [-0.39, 0.29) is 17.1 Å². The number of rotatable bonds is 6. The van der Waals surface area contributed by atoms with E-state index in [9.17, 15) is 14.4 Å². The highest BCUT2D eigenvalue weighted by Crippen LogP contribution is 2.30. The molecular weight excluding hydrogens is 384 g/mol. The smallest absolute Gasteiger partial charge is 0.325 e. The summed E-state index contributed by atoms with van der Waals surface area (Å²) >= 11 is 6.05. The summed E-state index contributed by atoms with van der Waals surface area (Å²) in [6, 6.07) is 10.7. The zero-order chi connectivity index (χ0) is 20.5. The molecule has 3 amide bonds. The fourth-order valence-corrected chi connectivity index (χ4v) is 3.29. The molecule has 1 fully saturated rings. The molecule has 0 spiro atoms. The number of ketones is 1. The third kappa shape index (κ3) is 3.41. The number of halogens is 1. The van der Waals surface area contributed by atoms with Gasteiger partial charge >= 0.3 is 6.03 Å². The van der Waals surface area contributed by atoms with Gasteiger partial charge in [0.25, 0.3) is 5.91 Å². The predicted octanol–water partition coefficient (Wildman–Crippen LogP) is 3.01. The lowest BCUT2D eigenvalue weighted by Crippen LogP contribution is -2.41. The minimum atomic E-state index is -1.26. The van der Waals surface area contributed by atoms with Crippen LogP contribution < -0.4 is 14.8 Å². The lowest BCUT2D eigenvalue weighted by Gasteiger charge is -2.22. The van der Waals surface area contributed by atoms with Crippen LogP contribution in [0.1, 0.15) is 22.8 Å². The summed E-state index contributed by atoms with van der Waals surface area (Å²) < 4.78 is 10.2. The molecule has 8 heteroatoms. The molecule has 28 heavy (non-hydrogen) atoms. The second-order valence-electron chi connectivity index (χ2n) is 6.45. The molecule has 0 aliphatic carbocycles. The van der Waals surface area contributed by atoms with Crippen molar-refractivity contribution in [2.75, 3.05) is 20.8 Å². The number of Topliss-reactive ketones (excluding diaryl/α,β-unsaturated/α-hetero) is 1. The van der Waals surface area contributed by atoms with Crippen molar-refractivity contribution in [1.29, 1.82) is 0 Å². The van der Waals surface area contributed by atoms with Gasteiger partial charge in [0.2, 0.25) is 0 Å². The summed E-state index contributed by atoms with van der Waals surface area (Å²) in [6.07, 6.45) is 0. The highest BCUT2D eigenvalue weighted by molar-refractivity contribution is 6.32. The van der Waals surface area contributed by atoms with E-state index in [1.807, 2.05) is 0 Å². The molecule has 0 bridgehead atoms. The number of ether oxygens (including phenoxy) is 2. The summed E-state index contributed by atoms with van der Waals surface area (Å²) in [5, 5.41) is 2.94. The van der Waals surface area contributed by atoms with Crippen molar-refractivity contribution >= 4 is 29.3 Å². The number of nitrogens with zero attached hydrogens (tertiary/aromatic N) is 1. The molecule has 3 rings (SSSR count). The maximum Gasteiger partial charge on any atom is 0.325 e. The van der Waals surface area contributed by atoms with Gasteiger partial charge in [-0.05, 0) is 42.8 Å². The van der Waals surface area contributed by atoms with Crippen molar-refractivity contribution in [3.8, 4) is 11.5 Å². The molecule has 1 N–H and O–H groups in total. The van der Waals surface area contributed by atoms with Gasteiger partial charge in [-0.2, -0.15) is 0 Å². The number of urea groups is 1. The van der Waals surface area contributed by atoms with Crippen molar-refractivity contribution < 1.29 is 23.9 Å². The van der Waals surface area contributed by atoms with E-state index < -0.39 is 23.3 Å². The molecule has 1 aliphatic rings. The maximum absolute atomic E-state index is 12.9. The Kier molecular flexibility index (Phi) is 5.29. The van der Waals surface area contributed by atoms with Crippen LogP contribution in [0, 0.1) is 0 Å². The monoisotopic (exact) mass is 402 g/mol. The fraction of sp³-hybridized carbons (Fsp3) is 0.250. The average molecular weight is 403 g/mol. The Morgan fingerprint density at radius 2 is 1.79 bits per heavy atom. The molecule has 2 aromatic rings. The summed E-state index contributed by atoms with van der Waals surface area (Å²) in [7, 11) is 3.01. The van der Waals surface area contributed by atoms with Crippen LogP contribution in [0.25, 0.3) is 0 Å². The van der Waals surface area contributed by atoms with Gasteiger partial charge in [-0.3, -0.25) is 14.5 Å². The average Bonchev–Trinajstić information content (AvgIpc) is 2.91. The number of methoxy groups -OCH3 is 2. The number of imide groups is 1. The van der Waals surface area contributed by atoms with Gasteiger partial charge in [-0.15, -0.1) is 0 Å². The minimum Gasteiger partial charge on any atom is -0.497 e. The second-order valence-corrected chi connectivity index (χ2v) is 6.85. The molecule has 0 saturated carbocycles. The Bertz CT molecular complexity index is 944. The molecule has 1 atom stereocenters. The first-order valence-corrected chi connectivity index (χ1v) is 8.83. The number of nitrogens with one attached hydrogen (secondary N) is 1. The highest BCUT2D eigenvalue weighted by Gasteiger charge is 2.49. The van der Waals surface area contributed by atoms with Gasteiger partial charge in [0.1, 0.15) is 17.0 Å². The van der Waals surface area contributed by atoms with Crippen molar-refractivity contribution in [3.05, 3.63) is 58.6 Å². The molecule has 7 nitrogen and oxygen atoms in total. The summed E-state index contributed by atoms with van der Waals surface area (Å²) in [4.78, 5) is 38.8. The predicted molar refractivity (Wildman–Crippen MR) is 103 cm³/mol. The topological polar surface area (TPSA) is 84.9 Å². The van der Waals surface area contributed by atoms with Crippen LogP contribution >= 0.6 is 11.6 Å². The van der Waals surface area contributed by atoms with Gasteiger partial charge in [0, 0.05) is 5.56 Å². The number of carbonyl (C=O) groups is 3. The van der Waals surface area contributed by atoms with Crippen molar-refractivity contribution in [2.45, 2.75) is 12.5 Å². The van der Waals surface area contributed by atoms with E-state index in [1.165, 1.54) is 26.4 Å². The number of amides is 3. The molecule has 1 aliphatic heterocycles. The maximum atomic E-state index is 12.9. The third-order valence-electron chi connectivity index (χ3n) is 4.72. The van der Waals surface area contributed by atoms with Crippen LogP contribution in [0.3, 0.4) is 0 Å². The van der Waals surface area contributed by atoms with E-state index in [2.05, 4.69) is 5.32 Å². The largest absolute Gasteiger partial charge is 0.497 e. The number of hydrogen-bond acceptors (Lipinski definition) is 5. The molecule has 0 unspecified atom stereocenters. The summed E-state index contributed by atoms with van der Waals surface area (Å²) in [5.41, 5.74) is -0.389. The Morgan fingerprint density at radius 1 is 1.11 bits per heavy atom. The first kappa shape index (κ1) is 19.7. The van der Waals surface area contributed by atoms with Crippen LogP contribution in [0.15, 0.2) is 42.5 Å². The molecule has 2 aromatic carbocycles. The Balaban J connectivity index is 1.81. The molecule has 0 radical (unpaired) electrons. The minimum absolute atomic E-state index is 0.272. The number of hydrogen-bond donors (Lipinski definition) is 1. The lowest BCUT2D eigenvalue weighted by atomic mass is 9.92. The van der Waals surface area contributed by atoms with Crippen molar-refractivity contribution in [1.82, 2.24) is 10.2 Å². The molecule has 1 heterocycles. The Labute approximate surface area is 167 Å². The van der Waals surface area contributed by atoms with Crippen molar-refractivity contribution in [2.24, 2.45) is 0 Å². The zero-order valence-corrected chi connectivity index (χ0v) is 16.4. The van der Waals surface area contributed by atoms with Crippen LogP contribution in [0.5, 0.6) is 11.5 Å². The van der Waals surface area contributed by atoms with Crippen LogP contribution in [-0.4, -0.2) is 43.4 Å². The standard InChI is InChI=1S/C20H19ClN2O5/c1-20(13-5-7-14(27-2)8-6-13)18(25)23(19(26)22-20)11-16(24)12-4-9-17(28-3)15(21)10-12/h4-10H,11H2,1-3H3,(H,22,26)/t20-/m0/s1. The molecule has 0 aromatic heterocycles. The van der Waals surface area contributed by atoms with Crippen LogP contribution in [-0.2, 0) is 10.3 Å². The quantitative estimate of drug-likeness (QED) is 0.593. The normalized spacial score (nSPS) is 18.8. The summed E-state index contributed by atoms with van der Waals surface area (Å²) in [5.74, 6) is 0.149. The first-order valence-electron chi connectivity index (χ1n) is 8.45. The Morgan fingerprint density at radius 3 is 2.36 bits per heavy atom. The van der Waals surface area contributed by atoms with E-state index >= 15 is 0 Å². The first-order chi connectivity index (χ1) is 13.3. The van der Waals surface area contributed by atoms with E-state index in [1.54, 1.807) is 37.3 Å². The molecule has 1 saturated heterocycles. The van der Waals surface area contributed by atoms with Gasteiger partial charge < -0.3 is 14.8 Å². The van der Waals surface area contributed by atoms with Crippen LogP contribution in [0.4, 0.5) is 4.79 Å². The van der Waals surface area contributed by atoms with Gasteiger partial charge in [-0.25, -0.2) is 4.79 Å². The lowest BCUT2D eigenvalue weighted by molar-refractivity contribution is -0.130. The highest BCUT2D eigenvalue weighted by atomic mass is 35.5. The van der Waals surface area contributed by atoms with E-state index in [0.29, 0.717) is 17.1 Å². The number of benzene rings is 2. The molecular formula is C20H19ClN2O5. The number of carbonyl (C=O) groups excluding carboxylic acids is 3. The zero-order valence-electron chi connectivity index (χ0n) is 15.6. The van der Waals surface area contributed by atoms with Gasteiger partial charge in [-0.1, -0.05) is 23.7 Å². The van der Waals surface area contributed by atoms with Crippen molar-refractivity contribution in [3.63, 3.8) is 0 Å². The third-order valence-corrected chi connectivity index (χ3v) is 5.01. The van der Waals surface area contributed by atoms with E-state index in [4.69, 9.17) is 21.1 Å². The second kappa shape index (κ2) is 7.52. The van der Waals surface area contributed by atoms with Gasteiger partial charge in [0.05, 0.1) is 25.8 Å². The summed E-state index contributed by atoms with van der Waals surface area (Å²) in [6.45, 7) is 1.21. The van der Waals surface area contributed by atoms with E-state index in [0.717, 1.165) is 4.90 Å².